The first kappa shape index (κ1) is 14.7. The van der Waals surface area contributed by atoms with Crippen LogP contribution in [0.4, 0.5) is 4.39 Å². The average Bonchev–Trinajstić information content (AvgIpc) is 2.36. The molecule has 1 nitrogen and oxygen atoms in total. The molecule has 0 aliphatic carbocycles. The summed E-state index contributed by atoms with van der Waals surface area (Å²) in [6.45, 7) is 2.04. The fraction of sp³-hybridized carbons (Fsp3) is 0.200. The summed E-state index contributed by atoms with van der Waals surface area (Å²) in [5, 5.41) is 0. The first-order chi connectivity index (χ1) is 8.97. The van der Waals surface area contributed by atoms with Gasteiger partial charge in [-0.1, -0.05) is 39.7 Å². The normalized spacial score (nSPS) is 12.5. The molecule has 2 aromatic rings. The van der Waals surface area contributed by atoms with Crippen LogP contribution in [0.3, 0.4) is 0 Å². The van der Waals surface area contributed by atoms with Crippen LogP contribution in [-0.2, 0) is 6.42 Å². The lowest BCUT2D eigenvalue weighted by molar-refractivity contribution is 0.618. The Labute approximate surface area is 129 Å². The Morgan fingerprint density at radius 2 is 1.84 bits per heavy atom. The van der Waals surface area contributed by atoms with Gasteiger partial charge in [-0.05, 0) is 58.6 Å². The number of hydrogen-bond donors (Lipinski definition) is 1. The third-order valence-corrected chi connectivity index (χ3v) is 4.32. The van der Waals surface area contributed by atoms with Gasteiger partial charge in [-0.3, -0.25) is 0 Å². The maximum atomic E-state index is 13.2. The summed E-state index contributed by atoms with van der Waals surface area (Å²) in [6.07, 6.45) is 0.668. The van der Waals surface area contributed by atoms with Crippen molar-refractivity contribution in [3.05, 3.63) is 67.9 Å². The summed E-state index contributed by atoms with van der Waals surface area (Å²) in [5.41, 5.74) is 9.50. The van der Waals surface area contributed by atoms with Gasteiger partial charge in [-0.25, -0.2) is 4.39 Å². The van der Waals surface area contributed by atoms with E-state index in [0.29, 0.717) is 10.9 Å². The van der Waals surface area contributed by atoms with Gasteiger partial charge in [0.25, 0.3) is 0 Å². The van der Waals surface area contributed by atoms with E-state index in [2.05, 4.69) is 37.9 Å². The quantitative estimate of drug-likeness (QED) is 0.797. The highest BCUT2D eigenvalue weighted by atomic mass is 79.9. The van der Waals surface area contributed by atoms with E-state index >= 15 is 0 Å². The Balaban J connectivity index is 2.22. The molecule has 100 valence electrons. The largest absolute Gasteiger partial charge is 0.324 e. The molecule has 2 rings (SSSR count). The number of halogens is 3. The lowest BCUT2D eigenvalue weighted by atomic mass is 9.98. The Morgan fingerprint density at radius 3 is 2.53 bits per heavy atom. The summed E-state index contributed by atoms with van der Waals surface area (Å²) >= 11 is 6.71. The second kappa shape index (κ2) is 6.16. The molecule has 1 atom stereocenters. The van der Waals surface area contributed by atoms with Gasteiger partial charge in [0.05, 0.1) is 4.47 Å². The molecule has 0 aliphatic rings. The molecule has 0 aromatic heterocycles. The van der Waals surface area contributed by atoms with E-state index in [4.69, 9.17) is 5.73 Å². The van der Waals surface area contributed by atoms with E-state index in [9.17, 15) is 4.39 Å². The topological polar surface area (TPSA) is 26.0 Å². The summed E-state index contributed by atoms with van der Waals surface area (Å²) in [7, 11) is 0. The minimum Gasteiger partial charge on any atom is -0.324 e. The smallest absolute Gasteiger partial charge is 0.137 e. The fourth-order valence-corrected chi connectivity index (χ4v) is 2.94. The van der Waals surface area contributed by atoms with Gasteiger partial charge >= 0.3 is 0 Å². The molecule has 0 bridgehead atoms. The zero-order valence-corrected chi connectivity index (χ0v) is 13.6. The van der Waals surface area contributed by atoms with Crippen LogP contribution in [0.5, 0.6) is 0 Å². The van der Waals surface area contributed by atoms with Crippen molar-refractivity contribution in [3.63, 3.8) is 0 Å². The molecule has 2 aromatic carbocycles. The van der Waals surface area contributed by atoms with Crippen molar-refractivity contribution in [2.45, 2.75) is 19.4 Å². The van der Waals surface area contributed by atoms with Crippen LogP contribution in [0.1, 0.15) is 22.7 Å². The number of benzene rings is 2. The second-order valence-corrected chi connectivity index (χ2v) is 6.29. The molecule has 1 unspecified atom stereocenters. The molecule has 19 heavy (non-hydrogen) atoms. The van der Waals surface area contributed by atoms with Crippen LogP contribution >= 0.6 is 31.9 Å². The molecule has 0 fully saturated rings. The molecule has 4 heteroatoms. The van der Waals surface area contributed by atoms with Gasteiger partial charge in [0, 0.05) is 10.5 Å². The molecule has 0 saturated carbocycles. The highest BCUT2D eigenvalue weighted by Gasteiger charge is 2.12. The Morgan fingerprint density at radius 1 is 1.11 bits per heavy atom. The Bertz CT molecular complexity index is 599. The molecule has 0 aliphatic heterocycles. The van der Waals surface area contributed by atoms with Gasteiger partial charge in [-0.15, -0.1) is 0 Å². The highest BCUT2D eigenvalue weighted by Crippen LogP contribution is 2.27. The van der Waals surface area contributed by atoms with Gasteiger partial charge in [-0.2, -0.15) is 0 Å². The van der Waals surface area contributed by atoms with Crippen molar-refractivity contribution in [1.29, 1.82) is 0 Å². The summed E-state index contributed by atoms with van der Waals surface area (Å²) in [5.74, 6) is -0.256. The van der Waals surface area contributed by atoms with Crippen molar-refractivity contribution in [1.82, 2.24) is 0 Å². The van der Waals surface area contributed by atoms with E-state index in [-0.39, 0.29) is 11.9 Å². The predicted molar refractivity (Wildman–Crippen MR) is 83.6 cm³/mol. The molecule has 0 heterocycles. The van der Waals surface area contributed by atoms with Gasteiger partial charge in [0.1, 0.15) is 5.82 Å². The third-order valence-electron chi connectivity index (χ3n) is 2.99. The molecular formula is C15H14Br2FN. The van der Waals surface area contributed by atoms with E-state index in [1.54, 1.807) is 12.1 Å². The van der Waals surface area contributed by atoms with Gasteiger partial charge in [0.2, 0.25) is 0 Å². The Kier molecular flexibility index (Phi) is 4.76. The fourth-order valence-electron chi connectivity index (χ4n) is 1.98. The second-order valence-electron chi connectivity index (χ2n) is 4.58. The van der Waals surface area contributed by atoms with E-state index in [0.717, 1.165) is 15.6 Å². The molecule has 0 radical (unpaired) electrons. The molecule has 0 amide bonds. The number of aryl methyl sites for hydroxylation is 1. The standard InChI is InChI=1S/C15H14Br2FN/c1-9-2-4-12(16)11(6-9)15(19)8-10-3-5-14(18)13(17)7-10/h2-7,15H,8,19H2,1H3. The number of hydrogen-bond acceptors (Lipinski definition) is 1. The average molecular weight is 387 g/mol. The summed E-state index contributed by atoms with van der Waals surface area (Å²) in [6, 6.07) is 11.0. The monoisotopic (exact) mass is 385 g/mol. The Hall–Kier alpha value is -0.710. The molecular weight excluding hydrogens is 373 g/mol. The van der Waals surface area contributed by atoms with Crippen molar-refractivity contribution in [2.75, 3.05) is 0 Å². The van der Waals surface area contributed by atoms with E-state index in [1.807, 2.05) is 19.1 Å². The predicted octanol–water partition coefficient (Wildman–Crippen LogP) is 4.90. The van der Waals surface area contributed by atoms with Crippen molar-refractivity contribution in [3.8, 4) is 0 Å². The SMILES string of the molecule is Cc1ccc(Br)c(C(N)Cc2ccc(F)c(Br)c2)c1. The first-order valence-electron chi connectivity index (χ1n) is 5.93. The summed E-state index contributed by atoms with van der Waals surface area (Å²) in [4.78, 5) is 0. The summed E-state index contributed by atoms with van der Waals surface area (Å²) < 4.78 is 14.7. The maximum Gasteiger partial charge on any atom is 0.137 e. The number of nitrogens with two attached hydrogens (primary N) is 1. The minimum atomic E-state index is -0.256. The van der Waals surface area contributed by atoms with Crippen molar-refractivity contribution in [2.24, 2.45) is 5.73 Å². The van der Waals surface area contributed by atoms with Crippen LogP contribution in [0.25, 0.3) is 0 Å². The van der Waals surface area contributed by atoms with Crippen LogP contribution in [-0.4, -0.2) is 0 Å². The zero-order valence-electron chi connectivity index (χ0n) is 10.5. The van der Waals surface area contributed by atoms with Gasteiger partial charge < -0.3 is 5.73 Å². The van der Waals surface area contributed by atoms with Crippen LogP contribution in [0.2, 0.25) is 0 Å². The van der Waals surface area contributed by atoms with E-state index < -0.39 is 0 Å². The van der Waals surface area contributed by atoms with Crippen molar-refractivity contribution >= 4 is 31.9 Å². The van der Waals surface area contributed by atoms with Crippen LogP contribution < -0.4 is 5.73 Å². The lowest BCUT2D eigenvalue weighted by Crippen LogP contribution is -2.14. The molecule has 0 saturated heterocycles. The third kappa shape index (κ3) is 3.65. The maximum absolute atomic E-state index is 13.2. The highest BCUT2D eigenvalue weighted by molar-refractivity contribution is 9.10. The first-order valence-corrected chi connectivity index (χ1v) is 7.51. The molecule has 0 spiro atoms. The van der Waals surface area contributed by atoms with E-state index in [1.165, 1.54) is 11.6 Å². The van der Waals surface area contributed by atoms with Gasteiger partial charge in [0.15, 0.2) is 0 Å². The van der Waals surface area contributed by atoms with Crippen LogP contribution in [0.15, 0.2) is 45.3 Å². The zero-order chi connectivity index (χ0) is 14.0. The van der Waals surface area contributed by atoms with Crippen molar-refractivity contribution < 1.29 is 4.39 Å². The van der Waals surface area contributed by atoms with Crippen LogP contribution in [0, 0.1) is 12.7 Å². The minimum absolute atomic E-state index is 0.119. The lowest BCUT2D eigenvalue weighted by Gasteiger charge is -2.15. The molecule has 2 N–H and O–H groups in total. The number of rotatable bonds is 3.